The van der Waals surface area contributed by atoms with E-state index < -0.39 is 0 Å². The number of amides is 1. The Morgan fingerprint density at radius 1 is 0.964 bits per heavy atom. The first-order chi connectivity index (χ1) is 13.5. The van der Waals surface area contributed by atoms with Gasteiger partial charge in [-0.15, -0.1) is 0 Å². The third-order valence-corrected chi connectivity index (χ3v) is 5.27. The Hall–Kier alpha value is -2.31. The van der Waals surface area contributed by atoms with Crippen molar-refractivity contribution in [2.24, 2.45) is 0 Å². The molecule has 0 fully saturated rings. The zero-order chi connectivity index (χ0) is 19.9. The predicted molar refractivity (Wildman–Crippen MR) is 121 cm³/mol. The second-order valence-corrected chi connectivity index (χ2v) is 7.97. The van der Waals surface area contributed by atoms with Gasteiger partial charge in [0.25, 0.3) is 5.91 Å². The van der Waals surface area contributed by atoms with E-state index in [1.165, 1.54) is 5.56 Å². The summed E-state index contributed by atoms with van der Waals surface area (Å²) in [5.41, 5.74) is 4.13. The maximum absolute atomic E-state index is 12.1. The topological polar surface area (TPSA) is 50.4 Å². The van der Waals surface area contributed by atoms with E-state index in [1.54, 1.807) is 0 Å². The highest BCUT2D eigenvalue weighted by Gasteiger charge is 2.12. The van der Waals surface area contributed by atoms with Crippen LogP contribution in [0.4, 0.5) is 11.4 Å². The Kier molecular flexibility index (Phi) is 7.12. The van der Waals surface area contributed by atoms with Crippen molar-refractivity contribution in [2.45, 2.75) is 13.5 Å². The van der Waals surface area contributed by atoms with E-state index in [0.717, 1.165) is 25.9 Å². The lowest BCUT2D eigenvalue weighted by Gasteiger charge is -2.14. The number of nitrogens with one attached hydrogen (secondary N) is 2. The molecule has 0 heterocycles. The molecule has 2 N–H and O–H groups in total. The Balaban J connectivity index is 1.60. The number of benzene rings is 3. The highest BCUT2D eigenvalue weighted by atomic mass is 79.9. The van der Waals surface area contributed by atoms with Crippen LogP contribution in [0, 0.1) is 6.92 Å². The molecule has 0 saturated heterocycles. The summed E-state index contributed by atoms with van der Waals surface area (Å²) in [6, 6.07) is 21.4. The molecule has 0 aliphatic heterocycles. The van der Waals surface area contributed by atoms with Gasteiger partial charge in [-0.05, 0) is 80.2 Å². The molecule has 144 valence electrons. The number of aryl methyl sites for hydroxylation is 1. The van der Waals surface area contributed by atoms with Crippen molar-refractivity contribution >= 4 is 49.1 Å². The molecule has 3 aromatic rings. The van der Waals surface area contributed by atoms with Crippen molar-refractivity contribution < 1.29 is 9.53 Å². The van der Waals surface area contributed by atoms with Crippen LogP contribution in [0.5, 0.6) is 5.75 Å². The number of carbonyl (C=O) groups excluding carboxylic acids is 1. The average Bonchev–Trinajstić information content (AvgIpc) is 2.67. The van der Waals surface area contributed by atoms with Crippen LogP contribution in [-0.4, -0.2) is 12.5 Å². The normalized spacial score (nSPS) is 10.4. The smallest absolute Gasteiger partial charge is 0.262 e. The average molecular weight is 504 g/mol. The second-order valence-electron chi connectivity index (χ2n) is 6.26. The van der Waals surface area contributed by atoms with Gasteiger partial charge in [0.15, 0.2) is 6.61 Å². The summed E-state index contributed by atoms with van der Waals surface area (Å²) in [6.07, 6.45) is 0. The van der Waals surface area contributed by atoms with Gasteiger partial charge in [-0.2, -0.15) is 0 Å². The molecule has 1 amide bonds. The summed E-state index contributed by atoms with van der Waals surface area (Å²) in [5, 5.41) is 6.24. The Labute approximate surface area is 181 Å². The van der Waals surface area contributed by atoms with Crippen LogP contribution in [0.25, 0.3) is 0 Å². The summed E-state index contributed by atoms with van der Waals surface area (Å²) in [6.45, 7) is 2.68. The van der Waals surface area contributed by atoms with Crippen LogP contribution in [0.1, 0.15) is 11.1 Å². The highest BCUT2D eigenvalue weighted by Crippen LogP contribution is 2.35. The third-order valence-electron chi connectivity index (χ3n) is 4.09. The van der Waals surface area contributed by atoms with Gasteiger partial charge in [0.2, 0.25) is 0 Å². The number of hydrogen-bond acceptors (Lipinski definition) is 3. The number of para-hydroxylation sites is 2. The number of hydrogen-bond donors (Lipinski definition) is 2. The van der Waals surface area contributed by atoms with E-state index in [1.807, 2.05) is 54.6 Å². The number of ether oxygens (including phenoxy) is 1. The van der Waals surface area contributed by atoms with E-state index in [2.05, 4.69) is 61.5 Å². The third kappa shape index (κ3) is 5.59. The molecule has 3 rings (SSSR count). The molecule has 0 atom stereocenters. The number of carbonyl (C=O) groups is 1. The van der Waals surface area contributed by atoms with Gasteiger partial charge in [0.05, 0.1) is 8.95 Å². The maximum Gasteiger partial charge on any atom is 0.262 e. The lowest BCUT2D eigenvalue weighted by Crippen LogP contribution is -2.20. The molecule has 0 bridgehead atoms. The molecule has 0 aromatic heterocycles. The molecule has 28 heavy (non-hydrogen) atoms. The van der Waals surface area contributed by atoms with Gasteiger partial charge < -0.3 is 15.4 Å². The van der Waals surface area contributed by atoms with Gasteiger partial charge in [-0.25, -0.2) is 0 Å². The first kappa shape index (κ1) is 20.4. The molecule has 4 nitrogen and oxygen atoms in total. The van der Waals surface area contributed by atoms with E-state index in [4.69, 9.17) is 4.74 Å². The highest BCUT2D eigenvalue weighted by molar-refractivity contribution is 9.11. The fraction of sp³-hybridized carbons (Fsp3) is 0.136. The Morgan fingerprint density at radius 2 is 1.61 bits per heavy atom. The molecule has 3 aromatic carbocycles. The van der Waals surface area contributed by atoms with E-state index in [-0.39, 0.29) is 12.5 Å². The van der Waals surface area contributed by atoms with E-state index in [0.29, 0.717) is 12.3 Å². The van der Waals surface area contributed by atoms with E-state index >= 15 is 0 Å². The van der Waals surface area contributed by atoms with Crippen molar-refractivity contribution in [1.29, 1.82) is 0 Å². The zero-order valence-corrected chi connectivity index (χ0v) is 18.5. The molecular weight excluding hydrogens is 484 g/mol. The molecule has 0 saturated carbocycles. The molecule has 0 radical (unpaired) electrons. The fourth-order valence-electron chi connectivity index (χ4n) is 2.68. The van der Waals surface area contributed by atoms with Gasteiger partial charge >= 0.3 is 0 Å². The first-order valence-corrected chi connectivity index (χ1v) is 10.4. The van der Waals surface area contributed by atoms with Gasteiger partial charge in [0.1, 0.15) is 5.75 Å². The molecule has 0 spiro atoms. The predicted octanol–water partition coefficient (Wildman–Crippen LogP) is 6.15. The fourth-order valence-corrected chi connectivity index (χ4v) is 4.19. The largest absolute Gasteiger partial charge is 0.481 e. The minimum atomic E-state index is -0.213. The maximum atomic E-state index is 12.1. The SMILES string of the molecule is Cc1ccccc1NCc1cc(Br)c(OCC(=O)Nc2ccccc2)c(Br)c1. The zero-order valence-electron chi connectivity index (χ0n) is 15.3. The number of anilines is 2. The standard InChI is InChI=1S/C22H20Br2N2O2/c1-15-7-5-6-10-20(15)25-13-16-11-18(23)22(19(24)12-16)28-14-21(27)26-17-8-3-2-4-9-17/h2-12,25H,13-14H2,1H3,(H,26,27). The summed E-state index contributed by atoms with van der Waals surface area (Å²) in [7, 11) is 0. The number of rotatable bonds is 7. The molecule has 6 heteroatoms. The summed E-state index contributed by atoms with van der Waals surface area (Å²) >= 11 is 7.08. The second kappa shape index (κ2) is 9.75. The van der Waals surface area contributed by atoms with Crippen molar-refractivity contribution in [2.75, 3.05) is 17.2 Å². The van der Waals surface area contributed by atoms with Crippen molar-refractivity contribution in [3.63, 3.8) is 0 Å². The minimum Gasteiger partial charge on any atom is -0.481 e. The summed E-state index contributed by atoms with van der Waals surface area (Å²) in [5.74, 6) is 0.387. The van der Waals surface area contributed by atoms with Crippen molar-refractivity contribution in [3.8, 4) is 5.75 Å². The Morgan fingerprint density at radius 3 is 2.29 bits per heavy atom. The number of halogens is 2. The van der Waals surface area contributed by atoms with Crippen LogP contribution in [0.3, 0.4) is 0 Å². The van der Waals surface area contributed by atoms with Crippen LogP contribution in [-0.2, 0) is 11.3 Å². The molecule has 0 aliphatic rings. The van der Waals surface area contributed by atoms with Crippen LogP contribution in [0.2, 0.25) is 0 Å². The molecule has 0 aliphatic carbocycles. The molecular formula is C22H20Br2N2O2. The van der Waals surface area contributed by atoms with E-state index in [9.17, 15) is 4.79 Å². The quantitative estimate of drug-likeness (QED) is 0.406. The van der Waals surface area contributed by atoms with Crippen LogP contribution < -0.4 is 15.4 Å². The summed E-state index contributed by atoms with van der Waals surface area (Å²) in [4.78, 5) is 12.1. The van der Waals surface area contributed by atoms with Crippen LogP contribution in [0.15, 0.2) is 75.7 Å². The van der Waals surface area contributed by atoms with Gasteiger partial charge in [-0.1, -0.05) is 36.4 Å². The first-order valence-electron chi connectivity index (χ1n) is 8.78. The summed E-state index contributed by atoms with van der Waals surface area (Å²) < 4.78 is 7.29. The lowest BCUT2D eigenvalue weighted by molar-refractivity contribution is -0.118. The lowest BCUT2D eigenvalue weighted by atomic mass is 10.1. The van der Waals surface area contributed by atoms with Gasteiger partial charge in [0, 0.05) is 17.9 Å². The monoisotopic (exact) mass is 502 g/mol. The Bertz CT molecular complexity index is 939. The van der Waals surface area contributed by atoms with Crippen molar-refractivity contribution in [1.82, 2.24) is 0 Å². The van der Waals surface area contributed by atoms with Crippen molar-refractivity contribution in [3.05, 3.63) is 86.8 Å². The van der Waals surface area contributed by atoms with Crippen LogP contribution >= 0.6 is 31.9 Å². The molecule has 0 unspecified atom stereocenters. The minimum absolute atomic E-state index is 0.0765. The van der Waals surface area contributed by atoms with Gasteiger partial charge in [-0.3, -0.25) is 4.79 Å².